The maximum absolute atomic E-state index is 5.49. The molecule has 1 aliphatic rings. The molecule has 1 N–H and O–H groups in total. The van der Waals surface area contributed by atoms with Gasteiger partial charge in [-0.3, -0.25) is 4.90 Å². The van der Waals surface area contributed by atoms with Gasteiger partial charge in [0.05, 0.1) is 5.60 Å². The first-order chi connectivity index (χ1) is 7.43. The molecule has 0 amide bonds. The zero-order chi connectivity index (χ0) is 12.2. The molecule has 0 spiro atoms. The van der Waals surface area contributed by atoms with Gasteiger partial charge in [0.1, 0.15) is 0 Å². The highest BCUT2D eigenvalue weighted by Crippen LogP contribution is 2.14. The van der Waals surface area contributed by atoms with E-state index in [0.717, 1.165) is 32.1 Å². The van der Waals surface area contributed by atoms with Crippen LogP contribution in [0.4, 0.5) is 0 Å². The van der Waals surface area contributed by atoms with E-state index in [1.807, 2.05) is 0 Å². The third-order valence-electron chi connectivity index (χ3n) is 3.25. The average molecular weight is 228 g/mol. The van der Waals surface area contributed by atoms with E-state index >= 15 is 0 Å². The standard InChI is InChI=1S/C13H28N2O/c1-11(2)8-12-9-15(7-6-14-12)10-13(3,4)16-5/h11-12,14H,6-10H2,1-5H3. The van der Waals surface area contributed by atoms with E-state index in [2.05, 4.69) is 37.9 Å². The Kier molecular flexibility index (Phi) is 5.22. The summed E-state index contributed by atoms with van der Waals surface area (Å²) in [6, 6.07) is 0.654. The topological polar surface area (TPSA) is 24.5 Å². The maximum atomic E-state index is 5.49. The molecule has 0 bridgehead atoms. The predicted molar refractivity (Wildman–Crippen MR) is 68.8 cm³/mol. The number of piperazine rings is 1. The molecule has 1 saturated heterocycles. The number of ether oxygens (including phenoxy) is 1. The molecule has 1 heterocycles. The molecule has 1 fully saturated rings. The van der Waals surface area contributed by atoms with E-state index < -0.39 is 0 Å². The van der Waals surface area contributed by atoms with Crippen LogP contribution in [0.3, 0.4) is 0 Å². The zero-order valence-electron chi connectivity index (χ0n) is 11.5. The van der Waals surface area contributed by atoms with Gasteiger partial charge in [-0.1, -0.05) is 13.8 Å². The Bertz CT molecular complexity index is 204. The zero-order valence-corrected chi connectivity index (χ0v) is 11.5. The maximum Gasteiger partial charge on any atom is 0.0749 e. The summed E-state index contributed by atoms with van der Waals surface area (Å²) in [5.74, 6) is 0.771. The monoisotopic (exact) mass is 228 g/mol. The molecule has 0 aromatic heterocycles. The lowest BCUT2D eigenvalue weighted by atomic mass is 10.0. The molecular formula is C13H28N2O. The summed E-state index contributed by atoms with van der Waals surface area (Å²) in [4.78, 5) is 2.52. The van der Waals surface area contributed by atoms with E-state index in [0.29, 0.717) is 6.04 Å². The molecule has 1 rings (SSSR count). The van der Waals surface area contributed by atoms with Gasteiger partial charge in [-0.15, -0.1) is 0 Å². The van der Waals surface area contributed by atoms with Crippen LogP contribution < -0.4 is 5.32 Å². The van der Waals surface area contributed by atoms with Gasteiger partial charge in [0.15, 0.2) is 0 Å². The molecule has 0 saturated carbocycles. The van der Waals surface area contributed by atoms with Crippen LogP contribution >= 0.6 is 0 Å². The number of methoxy groups -OCH3 is 1. The molecular weight excluding hydrogens is 200 g/mol. The molecule has 1 unspecified atom stereocenters. The summed E-state index contributed by atoms with van der Waals surface area (Å²) in [6.45, 7) is 13.3. The molecule has 3 heteroatoms. The minimum atomic E-state index is -0.0281. The van der Waals surface area contributed by atoms with Crippen LogP contribution in [0.15, 0.2) is 0 Å². The quantitative estimate of drug-likeness (QED) is 0.775. The van der Waals surface area contributed by atoms with Gasteiger partial charge in [-0.25, -0.2) is 0 Å². The van der Waals surface area contributed by atoms with Crippen LogP contribution in [-0.4, -0.2) is 49.8 Å². The lowest BCUT2D eigenvalue weighted by Crippen LogP contribution is -2.54. The fourth-order valence-electron chi connectivity index (χ4n) is 2.37. The Morgan fingerprint density at radius 1 is 1.44 bits per heavy atom. The Hall–Kier alpha value is -0.120. The van der Waals surface area contributed by atoms with E-state index in [1.54, 1.807) is 7.11 Å². The second-order valence-corrected chi connectivity index (χ2v) is 5.98. The van der Waals surface area contributed by atoms with Crippen LogP contribution in [0, 0.1) is 5.92 Å². The minimum absolute atomic E-state index is 0.0281. The van der Waals surface area contributed by atoms with Gasteiger partial charge in [-0.05, 0) is 26.2 Å². The van der Waals surface area contributed by atoms with Crippen molar-refractivity contribution in [3.63, 3.8) is 0 Å². The normalized spacial score (nSPS) is 24.0. The van der Waals surface area contributed by atoms with Crippen LogP contribution in [-0.2, 0) is 4.74 Å². The van der Waals surface area contributed by atoms with Gasteiger partial charge >= 0.3 is 0 Å². The summed E-state index contributed by atoms with van der Waals surface area (Å²) >= 11 is 0. The molecule has 3 nitrogen and oxygen atoms in total. The van der Waals surface area contributed by atoms with Gasteiger partial charge in [0.2, 0.25) is 0 Å². The molecule has 0 aliphatic carbocycles. The van der Waals surface area contributed by atoms with Crippen LogP contribution in [0.2, 0.25) is 0 Å². The summed E-state index contributed by atoms with van der Waals surface area (Å²) < 4.78 is 5.49. The summed E-state index contributed by atoms with van der Waals surface area (Å²) in [6.07, 6.45) is 1.27. The van der Waals surface area contributed by atoms with E-state index in [1.165, 1.54) is 6.42 Å². The van der Waals surface area contributed by atoms with Gasteiger partial charge in [0.25, 0.3) is 0 Å². The SMILES string of the molecule is COC(C)(C)CN1CCNC(CC(C)C)C1. The Morgan fingerprint density at radius 3 is 2.69 bits per heavy atom. The fourth-order valence-corrected chi connectivity index (χ4v) is 2.37. The number of rotatable bonds is 5. The first kappa shape index (κ1) is 13.9. The van der Waals surface area contributed by atoms with Crippen molar-refractivity contribution >= 4 is 0 Å². The van der Waals surface area contributed by atoms with Crippen LogP contribution in [0.5, 0.6) is 0 Å². The molecule has 16 heavy (non-hydrogen) atoms. The summed E-state index contributed by atoms with van der Waals surface area (Å²) in [5.41, 5.74) is -0.0281. The van der Waals surface area contributed by atoms with Crippen molar-refractivity contribution in [2.24, 2.45) is 5.92 Å². The third-order valence-corrected chi connectivity index (χ3v) is 3.25. The van der Waals surface area contributed by atoms with E-state index in [9.17, 15) is 0 Å². The summed E-state index contributed by atoms with van der Waals surface area (Å²) in [7, 11) is 1.80. The van der Waals surface area contributed by atoms with Crippen molar-refractivity contribution in [1.29, 1.82) is 0 Å². The van der Waals surface area contributed by atoms with Crippen molar-refractivity contribution in [2.75, 3.05) is 33.3 Å². The molecule has 1 aliphatic heterocycles. The Balaban J connectivity index is 2.38. The van der Waals surface area contributed by atoms with Gasteiger partial charge in [0, 0.05) is 39.3 Å². The molecule has 96 valence electrons. The van der Waals surface area contributed by atoms with Gasteiger partial charge in [-0.2, -0.15) is 0 Å². The van der Waals surface area contributed by atoms with E-state index in [-0.39, 0.29) is 5.60 Å². The minimum Gasteiger partial charge on any atom is -0.377 e. The highest BCUT2D eigenvalue weighted by atomic mass is 16.5. The van der Waals surface area contributed by atoms with E-state index in [4.69, 9.17) is 4.74 Å². The highest BCUT2D eigenvalue weighted by Gasteiger charge is 2.25. The number of hydrogen-bond acceptors (Lipinski definition) is 3. The third kappa shape index (κ3) is 4.81. The van der Waals surface area contributed by atoms with Crippen LogP contribution in [0.25, 0.3) is 0 Å². The lowest BCUT2D eigenvalue weighted by Gasteiger charge is -2.38. The first-order valence-electron chi connectivity index (χ1n) is 6.44. The van der Waals surface area contributed by atoms with Crippen molar-refractivity contribution in [1.82, 2.24) is 10.2 Å². The lowest BCUT2D eigenvalue weighted by molar-refractivity contribution is -0.0139. The Labute approximate surface area is 101 Å². The van der Waals surface area contributed by atoms with Gasteiger partial charge < -0.3 is 10.1 Å². The van der Waals surface area contributed by atoms with Crippen molar-refractivity contribution < 1.29 is 4.74 Å². The highest BCUT2D eigenvalue weighted by molar-refractivity contribution is 4.83. The second-order valence-electron chi connectivity index (χ2n) is 5.98. The largest absolute Gasteiger partial charge is 0.377 e. The smallest absolute Gasteiger partial charge is 0.0749 e. The van der Waals surface area contributed by atoms with Crippen molar-refractivity contribution in [2.45, 2.75) is 45.8 Å². The second kappa shape index (κ2) is 5.99. The molecule has 1 atom stereocenters. The van der Waals surface area contributed by atoms with Crippen molar-refractivity contribution in [3.05, 3.63) is 0 Å². The molecule has 0 radical (unpaired) electrons. The Morgan fingerprint density at radius 2 is 2.12 bits per heavy atom. The molecule has 0 aromatic rings. The average Bonchev–Trinajstić information content (AvgIpc) is 2.16. The van der Waals surface area contributed by atoms with Crippen LogP contribution in [0.1, 0.15) is 34.1 Å². The predicted octanol–water partition coefficient (Wildman–Crippen LogP) is 1.73. The molecule has 0 aromatic carbocycles. The summed E-state index contributed by atoms with van der Waals surface area (Å²) in [5, 5.41) is 3.60. The number of nitrogens with one attached hydrogen (secondary N) is 1. The number of hydrogen-bond donors (Lipinski definition) is 1. The fraction of sp³-hybridized carbons (Fsp3) is 1.00. The first-order valence-corrected chi connectivity index (χ1v) is 6.44. The van der Waals surface area contributed by atoms with Crippen molar-refractivity contribution in [3.8, 4) is 0 Å². The number of nitrogens with zero attached hydrogens (tertiary/aromatic N) is 1.